The molecule has 0 amide bonds. The molecule has 0 radical (unpaired) electrons. The van der Waals surface area contributed by atoms with Crippen molar-refractivity contribution in [2.45, 2.75) is 0 Å². The van der Waals surface area contributed by atoms with Crippen LogP contribution in [0.25, 0.3) is 108 Å². The molecule has 0 saturated carbocycles. The summed E-state index contributed by atoms with van der Waals surface area (Å²) in [6, 6.07) is 83.3. The first-order chi connectivity index (χ1) is 30.2. The van der Waals surface area contributed by atoms with Crippen LogP contribution < -0.4 is 4.90 Å². The Balaban J connectivity index is 1.07. The second-order valence-electron chi connectivity index (χ2n) is 16.5. The second-order valence-corrected chi connectivity index (χ2v) is 16.5. The van der Waals surface area contributed by atoms with Gasteiger partial charge in [0.2, 0.25) is 0 Å². The van der Waals surface area contributed by atoms with Crippen molar-refractivity contribution in [3.05, 3.63) is 224 Å². The monoisotopic (exact) mass is 771 g/mol. The Morgan fingerprint density at radius 3 is 1.25 bits per heavy atom. The molecule has 61 heavy (non-hydrogen) atoms. The lowest BCUT2D eigenvalue weighted by Gasteiger charge is -2.27. The normalized spacial score (nSPS) is 11.9. The van der Waals surface area contributed by atoms with Gasteiger partial charge in [0.25, 0.3) is 0 Å². The molecular weight excluding hydrogens is 735 g/mol. The van der Waals surface area contributed by atoms with E-state index in [-0.39, 0.29) is 0 Å². The highest BCUT2D eigenvalue weighted by atomic mass is 15.1. The third kappa shape index (κ3) is 5.27. The minimum absolute atomic E-state index is 1.11. The molecule has 0 bridgehead atoms. The minimum atomic E-state index is 1.11. The summed E-state index contributed by atoms with van der Waals surface area (Å²) in [5.41, 5.74) is 8.18. The van der Waals surface area contributed by atoms with Crippen molar-refractivity contribution in [1.82, 2.24) is 0 Å². The Morgan fingerprint density at radius 2 is 0.607 bits per heavy atom. The van der Waals surface area contributed by atoms with Crippen molar-refractivity contribution in [3.8, 4) is 22.3 Å². The van der Waals surface area contributed by atoms with E-state index in [1.54, 1.807) is 0 Å². The standard InChI is InChI=1S/C60H37N/c1-2-9-38(10-3-1)39-19-21-40(22-20-39)41-29-31-48(32-30-41)61(49-33-34-52-46(35-49)27-23-42-11-4-5-15-51(42)52)50-36-47-28-26-45-13-7-17-54-53-16-6-12-43-24-25-44-14-8-18-55(59(44)57(43)53)56(37-50)60(47)58(45)54/h1-37H. The summed E-state index contributed by atoms with van der Waals surface area (Å²) in [5.74, 6) is 0. The molecule has 13 aromatic rings. The van der Waals surface area contributed by atoms with Crippen molar-refractivity contribution < 1.29 is 0 Å². The van der Waals surface area contributed by atoms with Crippen LogP contribution in [0.2, 0.25) is 0 Å². The number of fused-ring (bicyclic) bond motifs is 5. The van der Waals surface area contributed by atoms with E-state index in [2.05, 4.69) is 229 Å². The first-order valence-electron chi connectivity index (χ1n) is 21.2. The van der Waals surface area contributed by atoms with Gasteiger partial charge in [0.05, 0.1) is 0 Å². The molecule has 0 aliphatic heterocycles. The molecule has 1 nitrogen and oxygen atoms in total. The van der Waals surface area contributed by atoms with Crippen LogP contribution in [-0.2, 0) is 0 Å². The van der Waals surface area contributed by atoms with E-state index >= 15 is 0 Å². The number of nitrogens with zero attached hydrogens (tertiary/aromatic N) is 1. The summed E-state index contributed by atoms with van der Waals surface area (Å²) in [5, 5.41) is 20.4. The maximum absolute atomic E-state index is 2.46. The fourth-order valence-electron chi connectivity index (χ4n) is 10.3. The molecule has 0 heterocycles. The molecule has 0 spiro atoms. The Bertz CT molecular complexity index is 3840. The van der Waals surface area contributed by atoms with Crippen molar-refractivity contribution in [2.24, 2.45) is 0 Å². The van der Waals surface area contributed by atoms with Crippen LogP contribution in [0.5, 0.6) is 0 Å². The van der Waals surface area contributed by atoms with Crippen molar-refractivity contribution in [3.63, 3.8) is 0 Å². The molecule has 0 N–H and O–H groups in total. The SMILES string of the molecule is c1ccc(-c2ccc(-c3ccc(N(c4ccc5c(ccc6ccccc65)c4)c4cc5ccc6cccc7c8cccc9ccc%10cccc(c(c4)c5c67)c%10c98)cc3)cc2)cc1. The highest BCUT2D eigenvalue weighted by Gasteiger charge is 2.20. The second kappa shape index (κ2) is 13.3. The molecule has 282 valence electrons. The number of benzene rings is 12. The fourth-order valence-corrected chi connectivity index (χ4v) is 10.3. The topological polar surface area (TPSA) is 3.24 Å². The van der Waals surface area contributed by atoms with Gasteiger partial charge in [-0.15, -0.1) is 0 Å². The Kier molecular flexibility index (Phi) is 7.37. The largest absolute Gasteiger partial charge is 0.310 e. The van der Waals surface area contributed by atoms with Crippen LogP contribution in [0, 0.1) is 0 Å². The van der Waals surface area contributed by atoms with Gasteiger partial charge in [-0.1, -0.05) is 188 Å². The summed E-state index contributed by atoms with van der Waals surface area (Å²) in [6.45, 7) is 0. The van der Waals surface area contributed by atoms with Crippen molar-refractivity contribution >= 4 is 103 Å². The highest BCUT2D eigenvalue weighted by molar-refractivity contribution is 6.37. The van der Waals surface area contributed by atoms with E-state index in [1.165, 1.54) is 108 Å². The van der Waals surface area contributed by atoms with Crippen LogP contribution in [-0.4, -0.2) is 0 Å². The van der Waals surface area contributed by atoms with E-state index in [1.807, 2.05) is 0 Å². The smallest absolute Gasteiger partial charge is 0.0474 e. The summed E-state index contributed by atoms with van der Waals surface area (Å²) in [7, 11) is 0. The Hall–Kier alpha value is -8.00. The van der Waals surface area contributed by atoms with E-state index in [4.69, 9.17) is 0 Å². The predicted octanol–water partition coefficient (Wildman–Crippen LogP) is 17.2. The molecule has 13 aromatic carbocycles. The van der Waals surface area contributed by atoms with E-state index in [9.17, 15) is 0 Å². The molecular formula is C60H37N. The molecule has 0 unspecified atom stereocenters. The lowest BCUT2D eigenvalue weighted by molar-refractivity contribution is 1.30. The molecule has 0 aliphatic carbocycles. The maximum atomic E-state index is 2.46. The molecule has 0 fully saturated rings. The number of hydrogen-bond acceptors (Lipinski definition) is 1. The average molecular weight is 772 g/mol. The van der Waals surface area contributed by atoms with Crippen LogP contribution in [0.1, 0.15) is 0 Å². The number of rotatable bonds is 5. The lowest BCUT2D eigenvalue weighted by atomic mass is 9.87. The molecule has 1 heteroatoms. The van der Waals surface area contributed by atoms with Gasteiger partial charge in [-0.25, -0.2) is 0 Å². The van der Waals surface area contributed by atoms with Gasteiger partial charge < -0.3 is 4.90 Å². The molecule has 0 saturated heterocycles. The minimum Gasteiger partial charge on any atom is -0.310 e. The first-order valence-corrected chi connectivity index (χ1v) is 21.2. The van der Waals surface area contributed by atoms with Gasteiger partial charge in [-0.2, -0.15) is 0 Å². The average Bonchev–Trinajstić information content (AvgIpc) is 3.33. The molecule has 13 rings (SSSR count). The molecule has 0 atom stereocenters. The number of hydrogen-bond donors (Lipinski definition) is 0. The summed E-state index contributed by atoms with van der Waals surface area (Å²) < 4.78 is 0. The Labute approximate surface area is 353 Å². The van der Waals surface area contributed by atoms with Gasteiger partial charge in [0.1, 0.15) is 0 Å². The van der Waals surface area contributed by atoms with Crippen LogP contribution in [0.15, 0.2) is 224 Å². The van der Waals surface area contributed by atoms with Crippen molar-refractivity contribution in [1.29, 1.82) is 0 Å². The van der Waals surface area contributed by atoms with Gasteiger partial charge in [-0.3, -0.25) is 0 Å². The fraction of sp³-hybridized carbons (Fsp3) is 0. The van der Waals surface area contributed by atoms with Gasteiger partial charge >= 0.3 is 0 Å². The quantitative estimate of drug-likeness (QED) is 0.158. The first kappa shape index (κ1) is 33.9. The van der Waals surface area contributed by atoms with E-state index < -0.39 is 0 Å². The van der Waals surface area contributed by atoms with Crippen molar-refractivity contribution in [2.75, 3.05) is 4.90 Å². The predicted molar refractivity (Wildman–Crippen MR) is 263 cm³/mol. The van der Waals surface area contributed by atoms with Crippen LogP contribution >= 0.6 is 0 Å². The molecule has 0 aliphatic rings. The third-order valence-electron chi connectivity index (χ3n) is 13.1. The van der Waals surface area contributed by atoms with Gasteiger partial charge in [-0.05, 0) is 145 Å². The molecule has 0 aromatic heterocycles. The zero-order valence-corrected chi connectivity index (χ0v) is 33.3. The Morgan fingerprint density at radius 1 is 0.197 bits per heavy atom. The summed E-state index contributed by atoms with van der Waals surface area (Å²) in [4.78, 5) is 2.45. The zero-order chi connectivity index (χ0) is 40.0. The third-order valence-corrected chi connectivity index (χ3v) is 13.1. The van der Waals surface area contributed by atoms with Crippen LogP contribution in [0.4, 0.5) is 17.1 Å². The van der Waals surface area contributed by atoms with E-state index in [0.717, 1.165) is 17.1 Å². The summed E-state index contributed by atoms with van der Waals surface area (Å²) in [6.07, 6.45) is 0. The van der Waals surface area contributed by atoms with E-state index in [0.29, 0.717) is 0 Å². The van der Waals surface area contributed by atoms with Crippen LogP contribution in [0.3, 0.4) is 0 Å². The van der Waals surface area contributed by atoms with Gasteiger partial charge in [0, 0.05) is 17.1 Å². The zero-order valence-electron chi connectivity index (χ0n) is 33.3. The van der Waals surface area contributed by atoms with Gasteiger partial charge in [0.15, 0.2) is 0 Å². The maximum Gasteiger partial charge on any atom is 0.0474 e. The summed E-state index contributed by atoms with van der Waals surface area (Å²) >= 11 is 0. The lowest BCUT2D eigenvalue weighted by Crippen LogP contribution is -2.10. The number of anilines is 3. The highest BCUT2D eigenvalue weighted by Crippen LogP contribution is 2.47.